The molecule has 0 aromatic heterocycles. The molecule has 0 heterocycles. The maximum absolute atomic E-state index is 12.9. The summed E-state index contributed by atoms with van der Waals surface area (Å²) in [4.78, 5) is 11.4. The summed E-state index contributed by atoms with van der Waals surface area (Å²) in [7, 11) is 0. The monoisotopic (exact) mass is 327 g/mol. The number of ketones is 1. The molecule has 0 aliphatic heterocycles. The first kappa shape index (κ1) is 15.1. The molecule has 0 spiro atoms. The van der Waals surface area contributed by atoms with Crippen molar-refractivity contribution < 1.29 is 22.4 Å². The van der Waals surface area contributed by atoms with Crippen molar-refractivity contribution in [2.24, 2.45) is 0 Å². The lowest BCUT2D eigenvalue weighted by Gasteiger charge is -2.07. The average Bonchev–Trinajstić information content (AvgIpc) is 2.21. The Labute approximate surface area is 109 Å². The minimum absolute atomic E-state index is 0.0380. The first-order valence-electron chi connectivity index (χ1n) is 5.01. The van der Waals surface area contributed by atoms with Gasteiger partial charge in [0.25, 0.3) is 0 Å². The van der Waals surface area contributed by atoms with E-state index in [1.54, 1.807) is 0 Å². The fourth-order valence-corrected chi connectivity index (χ4v) is 1.71. The quantitative estimate of drug-likeness (QED) is 0.842. The van der Waals surface area contributed by atoms with Gasteiger partial charge < -0.3 is 5.32 Å². The average molecular weight is 328 g/mol. The molecule has 0 aliphatic rings. The van der Waals surface area contributed by atoms with E-state index >= 15 is 0 Å². The lowest BCUT2D eigenvalue weighted by Crippen LogP contribution is -2.33. The summed E-state index contributed by atoms with van der Waals surface area (Å²) < 4.78 is 48.5. The molecule has 1 rings (SSSR count). The molecule has 0 saturated heterocycles. The van der Waals surface area contributed by atoms with Crippen molar-refractivity contribution in [3.05, 3.63) is 34.1 Å². The van der Waals surface area contributed by atoms with Gasteiger partial charge in [0, 0.05) is 6.42 Å². The number of alkyl halides is 3. The van der Waals surface area contributed by atoms with Crippen LogP contribution in [0.2, 0.25) is 0 Å². The van der Waals surface area contributed by atoms with Crippen LogP contribution in [0, 0.1) is 5.82 Å². The van der Waals surface area contributed by atoms with E-state index in [1.807, 2.05) is 5.32 Å². The second-order valence-corrected chi connectivity index (χ2v) is 4.54. The van der Waals surface area contributed by atoms with Crippen LogP contribution in [0.3, 0.4) is 0 Å². The number of nitrogens with one attached hydrogen (secondary N) is 1. The van der Waals surface area contributed by atoms with Crippen molar-refractivity contribution in [3.63, 3.8) is 0 Å². The van der Waals surface area contributed by atoms with E-state index in [-0.39, 0.29) is 17.4 Å². The molecule has 0 bridgehead atoms. The zero-order valence-corrected chi connectivity index (χ0v) is 10.7. The van der Waals surface area contributed by atoms with Crippen LogP contribution in [0.5, 0.6) is 0 Å². The van der Waals surface area contributed by atoms with E-state index in [9.17, 15) is 22.4 Å². The zero-order valence-electron chi connectivity index (χ0n) is 9.15. The third-order valence-electron chi connectivity index (χ3n) is 2.03. The van der Waals surface area contributed by atoms with Gasteiger partial charge in [-0.3, -0.25) is 4.79 Å². The maximum atomic E-state index is 12.9. The van der Waals surface area contributed by atoms with Gasteiger partial charge in [-0.05, 0) is 33.6 Å². The van der Waals surface area contributed by atoms with Crippen LogP contribution in [0.15, 0.2) is 22.7 Å². The predicted octanol–water partition coefficient (Wildman–Crippen LogP) is 2.85. The summed E-state index contributed by atoms with van der Waals surface area (Å²) in [5.74, 6) is -0.848. The Morgan fingerprint density at radius 3 is 2.56 bits per heavy atom. The van der Waals surface area contributed by atoms with Crippen LogP contribution < -0.4 is 5.32 Å². The third kappa shape index (κ3) is 5.59. The molecule has 2 nitrogen and oxygen atoms in total. The third-order valence-corrected chi connectivity index (χ3v) is 2.64. The SMILES string of the molecule is O=C(CNCC(F)(F)F)Cc1ccc(F)c(Br)c1. The fourth-order valence-electron chi connectivity index (χ4n) is 1.28. The minimum atomic E-state index is -4.33. The maximum Gasteiger partial charge on any atom is 0.401 e. The lowest BCUT2D eigenvalue weighted by atomic mass is 10.1. The normalized spacial score (nSPS) is 11.6. The molecule has 7 heteroatoms. The topological polar surface area (TPSA) is 29.1 Å². The summed E-state index contributed by atoms with van der Waals surface area (Å²) >= 11 is 2.96. The van der Waals surface area contributed by atoms with Gasteiger partial charge in [0.15, 0.2) is 5.78 Å². The Morgan fingerprint density at radius 2 is 2.00 bits per heavy atom. The molecule has 0 fully saturated rings. The van der Waals surface area contributed by atoms with Gasteiger partial charge in [-0.25, -0.2) is 4.39 Å². The Hall–Kier alpha value is -0.950. The van der Waals surface area contributed by atoms with Crippen LogP contribution in [0.25, 0.3) is 0 Å². The van der Waals surface area contributed by atoms with E-state index in [1.165, 1.54) is 18.2 Å². The predicted molar refractivity (Wildman–Crippen MR) is 61.7 cm³/mol. The van der Waals surface area contributed by atoms with Crippen molar-refractivity contribution in [3.8, 4) is 0 Å². The molecule has 0 unspecified atom stereocenters. The largest absolute Gasteiger partial charge is 0.401 e. The standard InChI is InChI=1S/C11H10BrF4NO/c12-9-4-7(1-2-10(9)13)3-8(18)5-17-6-11(14,15)16/h1-2,4,17H,3,5-6H2. The summed E-state index contributed by atoms with van der Waals surface area (Å²) in [5, 5.41) is 2.01. The summed E-state index contributed by atoms with van der Waals surface area (Å²) in [6.07, 6.45) is -4.37. The molecule has 0 amide bonds. The molecule has 18 heavy (non-hydrogen) atoms. The van der Waals surface area contributed by atoms with E-state index in [0.29, 0.717) is 5.56 Å². The van der Waals surface area contributed by atoms with E-state index in [4.69, 9.17) is 0 Å². The lowest BCUT2D eigenvalue weighted by molar-refractivity contribution is -0.127. The van der Waals surface area contributed by atoms with Gasteiger partial charge in [-0.2, -0.15) is 13.2 Å². The van der Waals surface area contributed by atoms with Crippen molar-refractivity contribution in [2.75, 3.05) is 13.1 Å². The summed E-state index contributed by atoms with van der Waals surface area (Å²) in [5.41, 5.74) is 0.544. The number of benzene rings is 1. The fraction of sp³-hybridized carbons (Fsp3) is 0.364. The molecule has 1 aromatic rings. The van der Waals surface area contributed by atoms with Crippen molar-refractivity contribution in [1.82, 2.24) is 5.32 Å². The molecular formula is C11H10BrF4NO. The van der Waals surface area contributed by atoms with Gasteiger partial charge in [0.2, 0.25) is 0 Å². The second-order valence-electron chi connectivity index (χ2n) is 3.68. The highest BCUT2D eigenvalue weighted by molar-refractivity contribution is 9.10. The van der Waals surface area contributed by atoms with Crippen molar-refractivity contribution in [2.45, 2.75) is 12.6 Å². The molecular weight excluding hydrogens is 318 g/mol. The first-order valence-corrected chi connectivity index (χ1v) is 5.80. The Kier molecular flexibility index (Phi) is 5.28. The van der Waals surface area contributed by atoms with Crippen molar-refractivity contribution >= 4 is 21.7 Å². The highest BCUT2D eigenvalue weighted by atomic mass is 79.9. The highest BCUT2D eigenvalue weighted by Gasteiger charge is 2.26. The molecule has 0 atom stereocenters. The Balaban J connectivity index is 2.42. The number of carbonyl (C=O) groups excluding carboxylic acids is 1. The first-order chi connectivity index (χ1) is 8.28. The van der Waals surface area contributed by atoms with E-state index < -0.39 is 24.3 Å². The van der Waals surface area contributed by atoms with Crippen LogP contribution in [0.1, 0.15) is 5.56 Å². The number of hydrogen-bond acceptors (Lipinski definition) is 2. The van der Waals surface area contributed by atoms with Gasteiger partial charge in [-0.1, -0.05) is 6.07 Å². The smallest absolute Gasteiger partial charge is 0.302 e. The second kappa shape index (κ2) is 6.29. The van der Waals surface area contributed by atoms with Gasteiger partial charge in [0.05, 0.1) is 17.6 Å². The minimum Gasteiger partial charge on any atom is -0.302 e. The molecule has 0 aliphatic carbocycles. The molecule has 0 saturated carbocycles. The Morgan fingerprint density at radius 1 is 1.33 bits per heavy atom. The van der Waals surface area contributed by atoms with Gasteiger partial charge >= 0.3 is 6.18 Å². The molecule has 100 valence electrons. The van der Waals surface area contributed by atoms with Crippen LogP contribution >= 0.6 is 15.9 Å². The number of Topliss-reactive ketones (excluding diaryl/α,β-unsaturated/α-hetero) is 1. The molecule has 0 radical (unpaired) electrons. The molecule has 1 N–H and O–H groups in total. The number of halogens is 5. The number of carbonyl (C=O) groups is 1. The molecule has 1 aromatic carbocycles. The summed E-state index contributed by atoms with van der Waals surface area (Å²) in [6, 6.07) is 4.04. The van der Waals surface area contributed by atoms with E-state index in [2.05, 4.69) is 15.9 Å². The van der Waals surface area contributed by atoms with Crippen LogP contribution in [-0.2, 0) is 11.2 Å². The summed E-state index contributed by atoms with van der Waals surface area (Å²) in [6.45, 7) is -1.57. The zero-order chi connectivity index (χ0) is 13.8. The Bertz CT molecular complexity index is 434. The highest BCUT2D eigenvalue weighted by Crippen LogP contribution is 2.17. The van der Waals surface area contributed by atoms with Crippen molar-refractivity contribution in [1.29, 1.82) is 0 Å². The van der Waals surface area contributed by atoms with Crippen LogP contribution in [-0.4, -0.2) is 25.0 Å². The number of hydrogen-bond donors (Lipinski definition) is 1. The van der Waals surface area contributed by atoms with Crippen LogP contribution in [0.4, 0.5) is 17.6 Å². The van der Waals surface area contributed by atoms with Gasteiger partial charge in [-0.15, -0.1) is 0 Å². The number of rotatable bonds is 5. The van der Waals surface area contributed by atoms with Gasteiger partial charge in [0.1, 0.15) is 5.82 Å². The van der Waals surface area contributed by atoms with E-state index in [0.717, 1.165) is 0 Å².